The first-order valence-corrected chi connectivity index (χ1v) is 5.67. The summed E-state index contributed by atoms with van der Waals surface area (Å²) in [6, 6.07) is 5.86. The number of carbonyl (C=O) groups is 1. The van der Waals surface area contributed by atoms with Crippen molar-refractivity contribution in [2.24, 2.45) is 0 Å². The Morgan fingerprint density at radius 2 is 2.33 bits per heavy atom. The van der Waals surface area contributed by atoms with Gasteiger partial charge in [-0.1, -0.05) is 6.07 Å². The van der Waals surface area contributed by atoms with Gasteiger partial charge >= 0.3 is 0 Å². The second kappa shape index (κ2) is 5.61. The van der Waals surface area contributed by atoms with Crippen molar-refractivity contribution in [2.45, 2.75) is 13.5 Å². The molecule has 1 amide bonds. The lowest BCUT2D eigenvalue weighted by Gasteiger charge is -2.05. The van der Waals surface area contributed by atoms with Gasteiger partial charge in [0.05, 0.1) is 17.6 Å². The maximum atomic E-state index is 11.1. The number of nitrogens with zero attached hydrogens (tertiary/aromatic N) is 1. The smallest absolute Gasteiger partial charge is 0.260 e. The molecule has 0 spiro atoms. The van der Waals surface area contributed by atoms with Crippen molar-refractivity contribution in [3.63, 3.8) is 0 Å². The molecule has 0 aliphatic heterocycles. The van der Waals surface area contributed by atoms with E-state index < -0.39 is 0 Å². The molecular formula is C12H16N4O2. The number of ether oxygens (including phenoxy) is 1. The van der Waals surface area contributed by atoms with Crippen molar-refractivity contribution in [3.05, 3.63) is 29.6 Å². The Morgan fingerprint density at radius 3 is 3.11 bits per heavy atom. The van der Waals surface area contributed by atoms with E-state index in [-0.39, 0.29) is 12.5 Å². The van der Waals surface area contributed by atoms with Crippen LogP contribution in [0.4, 0.5) is 0 Å². The minimum absolute atomic E-state index is 0.0287. The van der Waals surface area contributed by atoms with Crippen LogP contribution >= 0.6 is 0 Å². The minimum atomic E-state index is -0.198. The maximum absolute atomic E-state index is 11.1. The van der Waals surface area contributed by atoms with Crippen LogP contribution in [-0.2, 0) is 16.1 Å². The number of rotatable bonds is 5. The van der Waals surface area contributed by atoms with Crippen LogP contribution in [0, 0.1) is 6.92 Å². The molecule has 6 nitrogen and oxygen atoms in total. The number of carbonyl (C=O) groups excluding carboxylic acids is 1. The standard InChI is InChI=1S/C12H16N4O2/c1-8-14-10-4-3-9(5-11(10)15-8)6-18-7-12(17)16-13-2/h3-5,13H,6-7H2,1-2H3,(H,14,15)(H,16,17). The first-order chi connectivity index (χ1) is 8.69. The molecule has 0 atom stereocenters. The Morgan fingerprint density at radius 1 is 1.50 bits per heavy atom. The molecule has 1 aromatic heterocycles. The van der Waals surface area contributed by atoms with E-state index in [2.05, 4.69) is 20.8 Å². The van der Waals surface area contributed by atoms with Crippen LogP contribution < -0.4 is 10.9 Å². The molecule has 6 heteroatoms. The van der Waals surface area contributed by atoms with Crippen LogP contribution in [0.3, 0.4) is 0 Å². The van der Waals surface area contributed by atoms with Gasteiger partial charge in [-0.05, 0) is 24.6 Å². The lowest BCUT2D eigenvalue weighted by Crippen LogP contribution is -2.36. The second-order valence-corrected chi connectivity index (χ2v) is 3.96. The Hall–Kier alpha value is -1.92. The molecule has 0 saturated heterocycles. The zero-order valence-corrected chi connectivity index (χ0v) is 10.4. The number of hydrogen-bond donors (Lipinski definition) is 3. The molecule has 2 rings (SSSR count). The van der Waals surface area contributed by atoms with Crippen LogP contribution in [0.5, 0.6) is 0 Å². The molecule has 1 heterocycles. The molecule has 18 heavy (non-hydrogen) atoms. The highest BCUT2D eigenvalue weighted by atomic mass is 16.5. The molecule has 0 fully saturated rings. The van der Waals surface area contributed by atoms with Crippen LogP contribution in [-0.4, -0.2) is 29.5 Å². The summed E-state index contributed by atoms with van der Waals surface area (Å²) < 4.78 is 5.30. The van der Waals surface area contributed by atoms with Crippen molar-refractivity contribution >= 4 is 16.9 Å². The predicted octanol–water partition coefficient (Wildman–Crippen LogP) is 0.639. The first kappa shape index (κ1) is 12.5. The van der Waals surface area contributed by atoms with E-state index in [4.69, 9.17) is 4.74 Å². The molecule has 2 aromatic rings. The zero-order chi connectivity index (χ0) is 13.0. The highest BCUT2D eigenvalue weighted by Gasteiger charge is 2.03. The predicted molar refractivity (Wildman–Crippen MR) is 67.7 cm³/mol. The topological polar surface area (TPSA) is 79.0 Å². The minimum Gasteiger partial charge on any atom is -0.367 e. The largest absolute Gasteiger partial charge is 0.367 e. The molecule has 96 valence electrons. The van der Waals surface area contributed by atoms with Crippen LogP contribution in [0.1, 0.15) is 11.4 Å². The summed E-state index contributed by atoms with van der Waals surface area (Å²) in [4.78, 5) is 18.6. The molecule has 0 bridgehead atoms. The van der Waals surface area contributed by atoms with E-state index in [0.717, 1.165) is 22.4 Å². The van der Waals surface area contributed by atoms with Crippen molar-refractivity contribution in [2.75, 3.05) is 13.7 Å². The van der Waals surface area contributed by atoms with Gasteiger partial charge in [0.15, 0.2) is 0 Å². The molecular weight excluding hydrogens is 232 g/mol. The number of imidazole rings is 1. The quantitative estimate of drug-likeness (QED) is 0.678. The van der Waals surface area contributed by atoms with Crippen molar-refractivity contribution in [3.8, 4) is 0 Å². The van der Waals surface area contributed by atoms with E-state index in [1.807, 2.05) is 25.1 Å². The van der Waals surface area contributed by atoms with Crippen LogP contribution in [0.2, 0.25) is 0 Å². The number of aromatic nitrogens is 2. The van der Waals surface area contributed by atoms with Gasteiger partial charge in [-0.15, -0.1) is 0 Å². The first-order valence-electron chi connectivity index (χ1n) is 5.67. The third-order valence-electron chi connectivity index (χ3n) is 2.43. The molecule has 0 saturated carbocycles. The zero-order valence-electron chi connectivity index (χ0n) is 10.4. The van der Waals surface area contributed by atoms with Crippen molar-refractivity contribution < 1.29 is 9.53 Å². The summed E-state index contributed by atoms with van der Waals surface area (Å²) in [5.41, 5.74) is 7.90. The number of hydrogen-bond acceptors (Lipinski definition) is 4. The highest BCUT2D eigenvalue weighted by molar-refractivity contribution is 5.77. The van der Waals surface area contributed by atoms with E-state index in [1.54, 1.807) is 7.05 Å². The fourth-order valence-electron chi connectivity index (χ4n) is 1.71. The monoisotopic (exact) mass is 248 g/mol. The Labute approximate surface area is 105 Å². The third kappa shape index (κ3) is 3.06. The third-order valence-corrected chi connectivity index (χ3v) is 2.43. The number of H-pyrrole nitrogens is 1. The number of fused-ring (bicyclic) bond motifs is 1. The normalized spacial score (nSPS) is 10.8. The molecule has 0 aliphatic rings. The summed E-state index contributed by atoms with van der Waals surface area (Å²) in [6.07, 6.45) is 0. The van der Waals surface area contributed by atoms with Crippen molar-refractivity contribution in [1.29, 1.82) is 0 Å². The number of nitrogens with one attached hydrogen (secondary N) is 3. The lowest BCUT2D eigenvalue weighted by atomic mass is 10.2. The molecule has 0 aliphatic carbocycles. The summed E-state index contributed by atoms with van der Waals surface area (Å²) in [7, 11) is 1.63. The van der Waals surface area contributed by atoms with E-state index >= 15 is 0 Å². The number of amides is 1. The number of benzene rings is 1. The fourth-order valence-corrected chi connectivity index (χ4v) is 1.71. The van der Waals surface area contributed by atoms with Gasteiger partial charge in [0, 0.05) is 7.05 Å². The Kier molecular flexibility index (Phi) is 3.91. The summed E-state index contributed by atoms with van der Waals surface area (Å²) in [5.74, 6) is 0.687. The second-order valence-electron chi connectivity index (χ2n) is 3.96. The number of aryl methyl sites for hydroxylation is 1. The molecule has 1 aromatic carbocycles. The average molecular weight is 248 g/mol. The average Bonchev–Trinajstić information content (AvgIpc) is 2.69. The van der Waals surface area contributed by atoms with Gasteiger partial charge in [-0.2, -0.15) is 0 Å². The van der Waals surface area contributed by atoms with Gasteiger partial charge in [-0.25, -0.2) is 10.4 Å². The number of aromatic amines is 1. The molecule has 0 radical (unpaired) electrons. The van der Waals surface area contributed by atoms with Gasteiger partial charge in [0.25, 0.3) is 5.91 Å². The maximum Gasteiger partial charge on any atom is 0.260 e. The van der Waals surface area contributed by atoms with E-state index in [1.165, 1.54) is 0 Å². The van der Waals surface area contributed by atoms with E-state index in [0.29, 0.717) is 6.61 Å². The lowest BCUT2D eigenvalue weighted by molar-refractivity contribution is -0.126. The molecule has 3 N–H and O–H groups in total. The molecule has 0 unspecified atom stereocenters. The van der Waals surface area contributed by atoms with Gasteiger partial charge in [0.1, 0.15) is 12.4 Å². The van der Waals surface area contributed by atoms with Gasteiger partial charge in [0.2, 0.25) is 0 Å². The van der Waals surface area contributed by atoms with Crippen LogP contribution in [0.25, 0.3) is 11.0 Å². The van der Waals surface area contributed by atoms with Gasteiger partial charge in [-0.3, -0.25) is 10.2 Å². The van der Waals surface area contributed by atoms with Gasteiger partial charge < -0.3 is 9.72 Å². The number of hydrazine groups is 1. The fraction of sp³-hybridized carbons (Fsp3) is 0.333. The summed E-state index contributed by atoms with van der Waals surface area (Å²) in [5, 5.41) is 0. The van der Waals surface area contributed by atoms with E-state index in [9.17, 15) is 4.79 Å². The Balaban J connectivity index is 1.93. The summed E-state index contributed by atoms with van der Waals surface area (Å²) in [6.45, 7) is 2.34. The van der Waals surface area contributed by atoms with Crippen LogP contribution in [0.15, 0.2) is 18.2 Å². The Bertz CT molecular complexity index is 550. The highest BCUT2D eigenvalue weighted by Crippen LogP contribution is 2.14. The van der Waals surface area contributed by atoms with Crippen molar-refractivity contribution in [1.82, 2.24) is 20.8 Å². The SMILES string of the molecule is CNNC(=O)COCc1ccc2nc(C)[nH]c2c1. The summed E-state index contributed by atoms with van der Waals surface area (Å²) >= 11 is 0.